The van der Waals surface area contributed by atoms with Gasteiger partial charge >= 0.3 is 0 Å². The van der Waals surface area contributed by atoms with Crippen LogP contribution in [0, 0.1) is 6.92 Å². The summed E-state index contributed by atoms with van der Waals surface area (Å²) in [6, 6.07) is 23.3. The number of rotatable bonds is 6. The molecule has 1 aliphatic heterocycles. The van der Waals surface area contributed by atoms with E-state index in [0.717, 1.165) is 16.9 Å². The van der Waals surface area contributed by atoms with Crippen LogP contribution in [0.1, 0.15) is 12.0 Å². The Labute approximate surface area is 170 Å². The van der Waals surface area contributed by atoms with Crippen LogP contribution in [0.3, 0.4) is 0 Å². The van der Waals surface area contributed by atoms with Gasteiger partial charge in [0.1, 0.15) is 0 Å². The zero-order chi connectivity index (χ0) is 19.6. The van der Waals surface area contributed by atoms with Gasteiger partial charge in [-0.3, -0.25) is 4.18 Å². The van der Waals surface area contributed by atoms with E-state index in [0.29, 0.717) is 13.0 Å². The van der Waals surface area contributed by atoms with Gasteiger partial charge in [-0.25, -0.2) is 0 Å². The predicted octanol–water partition coefficient (Wildman–Crippen LogP) is 5.39. The molecule has 4 rings (SSSR count). The molecule has 0 N–H and O–H groups in total. The van der Waals surface area contributed by atoms with Gasteiger partial charge in [0, 0.05) is 16.3 Å². The van der Waals surface area contributed by atoms with E-state index in [1.54, 1.807) is 36.0 Å². The molecule has 0 saturated carbocycles. The van der Waals surface area contributed by atoms with Gasteiger partial charge in [0.15, 0.2) is 0 Å². The first-order valence-corrected chi connectivity index (χ1v) is 11.4. The average molecular weight is 412 g/mol. The van der Waals surface area contributed by atoms with Gasteiger partial charge in [0.2, 0.25) is 0 Å². The molecule has 0 radical (unpaired) electrons. The fourth-order valence-corrected chi connectivity index (χ4v) is 5.22. The molecule has 1 heterocycles. The van der Waals surface area contributed by atoms with E-state index in [-0.39, 0.29) is 11.5 Å². The van der Waals surface area contributed by atoms with Gasteiger partial charge in [-0.15, -0.1) is 0 Å². The highest BCUT2D eigenvalue weighted by molar-refractivity contribution is 7.99. The Morgan fingerprint density at radius 2 is 1.43 bits per heavy atom. The molecular weight excluding hydrogens is 390 g/mol. The van der Waals surface area contributed by atoms with Crippen LogP contribution in [0.2, 0.25) is 0 Å². The summed E-state index contributed by atoms with van der Waals surface area (Å²) in [5.41, 5.74) is 3.31. The number of benzene rings is 3. The maximum absolute atomic E-state index is 12.4. The van der Waals surface area contributed by atoms with Crippen molar-refractivity contribution in [3.05, 3.63) is 78.4 Å². The zero-order valence-electron chi connectivity index (χ0n) is 15.5. The van der Waals surface area contributed by atoms with Crippen molar-refractivity contribution in [2.24, 2.45) is 0 Å². The third kappa shape index (κ3) is 3.94. The first kappa shape index (κ1) is 19.1. The number of para-hydroxylation sites is 2. The summed E-state index contributed by atoms with van der Waals surface area (Å²) < 4.78 is 30.0. The van der Waals surface area contributed by atoms with Gasteiger partial charge in [-0.05, 0) is 49.7 Å². The maximum Gasteiger partial charge on any atom is 0.296 e. The summed E-state index contributed by atoms with van der Waals surface area (Å²) >= 11 is 1.76. The number of fused-ring (bicyclic) bond motifs is 2. The van der Waals surface area contributed by atoms with Gasteiger partial charge in [0.25, 0.3) is 10.1 Å². The molecule has 0 saturated heterocycles. The second-order valence-electron chi connectivity index (χ2n) is 6.63. The Balaban J connectivity index is 1.45. The van der Waals surface area contributed by atoms with Gasteiger partial charge in [-0.1, -0.05) is 53.7 Å². The molecule has 0 spiro atoms. The van der Waals surface area contributed by atoms with Gasteiger partial charge < -0.3 is 4.90 Å². The Bertz CT molecular complexity index is 1030. The van der Waals surface area contributed by atoms with Crippen LogP contribution in [-0.4, -0.2) is 21.6 Å². The molecule has 0 aliphatic carbocycles. The largest absolute Gasteiger partial charge is 0.340 e. The molecule has 0 atom stereocenters. The maximum atomic E-state index is 12.4. The Kier molecular flexibility index (Phi) is 5.44. The van der Waals surface area contributed by atoms with Crippen LogP contribution in [0.5, 0.6) is 0 Å². The third-order valence-electron chi connectivity index (χ3n) is 4.61. The molecule has 0 unspecified atom stereocenters. The molecule has 28 heavy (non-hydrogen) atoms. The smallest absolute Gasteiger partial charge is 0.296 e. The van der Waals surface area contributed by atoms with Gasteiger partial charge in [-0.2, -0.15) is 8.42 Å². The second kappa shape index (κ2) is 7.99. The Hall–Kier alpha value is -2.28. The van der Waals surface area contributed by atoms with E-state index in [1.165, 1.54) is 9.79 Å². The minimum Gasteiger partial charge on any atom is -0.340 e. The number of hydrogen-bond acceptors (Lipinski definition) is 5. The minimum atomic E-state index is -3.72. The van der Waals surface area contributed by atoms with E-state index in [9.17, 15) is 8.42 Å². The monoisotopic (exact) mass is 411 g/mol. The van der Waals surface area contributed by atoms with Crippen LogP contribution in [-0.2, 0) is 14.3 Å². The zero-order valence-corrected chi connectivity index (χ0v) is 17.2. The van der Waals surface area contributed by atoms with Crippen LogP contribution in [0.15, 0.2) is 87.5 Å². The number of anilines is 2. The van der Waals surface area contributed by atoms with Crippen molar-refractivity contribution >= 4 is 33.3 Å². The minimum absolute atomic E-state index is 0.143. The van der Waals surface area contributed by atoms with Crippen LogP contribution in [0.25, 0.3) is 0 Å². The molecule has 0 bridgehead atoms. The van der Waals surface area contributed by atoms with Crippen molar-refractivity contribution in [2.75, 3.05) is 18.1 Å². The van der Waals surface area contributed by atoms with E-state index in [2.05, 4.69) is 29.2 Å². The van der Waals surface area contributed by atoms with Crippen molar-refractivity contribution in [1.82, 2.24) is 0 Å². The lowest BCUT2D eigenvalue weighted by Gasteiger charge is -2.32. The van der Waals surface area contributed by atoms with E-state index in [4.69, 9.17) is 4.18 Å². The summed E-state index contributed by atoms with van der Waals surface area (Å²) in [5.74, 6) is 0. The molecule has 0 amide bonds. The SMILES string of the molecule is Cc1ccc(S(=O)(=O)OCCCN2c3ccccc3Sc3ccccc32)cc1. The molecule has 144 valence electrons. The normalized spacial score (nSPS) is 13.1. The van der Waals surface area contributed by atoms with Crippen molar-refractivity contribution in [3.8, 4) is 0 Å². The highest BCUT2D eigenvalue weighted by atomic mass is 32.2. The number of nitrogens with zero attached hydrogens (tertiary/aromatic N) is 1. The molecule has 3 aromatic carbocycles. The molecule has 3 aromatic rings. The summed E-state index contributed by atoms with van der Waals surface area (Å²) in [5, 5.41) is 0. The molecule has 0 aromatic heterocycles. The predicted molar refractivity (Wildman–Crippen MR) is 113 cm³/mol. The van der Waals surface area contributed by atoms with Crippen molar-refractivity contribution in [3.63, 3.8) is 0 Å². The quantitative estimate of drug-likeness (QED) is 0.402. The standard InChI is InChI=1S/C22H21NO3S2/c1-17-11-13-18(14-12-17)28(24,25)26-16-6-15-23-19-7-2-4-9-21(19)27-22-10-5-3-8-20(22)23/h2-5,7-14H,6,15-16H2,1H3. The van der Waals surface area contributed by atoms with Crippen molar-refractivity contribution in [1.29, 1.82) is 0 Å². The molecular formula is C22H21NO3S2. The molecule has 0 fully saturated rings. The lowest BCUT2D eigenvalue weighted by atomic mass is 10.2. The highest BCUT2D eigenvalue weighted by Crippen LogP contribution is 2.47. The van der Waals surface area contributed by atoms with E-state index in [1.807, 2.05) is 31.2 Å². The number of hydrogen-bond donors (Lipinski definition) is 0. The molecule has 6 heteroatoms. The van der Waals surface area contributed by atoms with E-state index < -0.39 is 10.1 Å². The first-order chi connectivity index (χ1) is 13.5. The lowest BCUT2D eigenvalue weighted by Crippen LogP contribution is -2.23. The Morgan fingerprint density at radius 1 is 0.857 bits per heavy atom. The van der Waals surface area contributed by atoms with Crippen molar-refractivity contribution < 1.29 is 12.6 Å². The van der Waals surface area contributed by atoms with Crippen LogP contribution in [0.4, 0.5) is 11.4 Å². The van der Waals surface area contributed by atoms with Crippen molar-refractivity contribution in [2.45, 2.75) is 28.0 Å². The first-order valence-electron chi connectivity index (χ1n) is 9.14. The topological polar surface area (TPSA) is 46.6 Å². The average Bonchev–Trinajstić information content (AvgIpc) is 2.70. The summed E-state index contributed by atoms with van der Waals surface area (Å²) in [4.78, 5) is 4.84. The highest BCUT2D eigenvalue weighted by Gasteiger charge is 2.22. The third-order valence-corrected chi connectivity index (χ3v) is 7.06. The molecule has 4 nitrogen and oxygen atoms in total. The van der Waals surface area contributed by atoms with Crippen LogP contribution < -0.4 is 4.90 Å². The Morgan fingerprint density at radius 3 is 2.04 bits per heavy atom. The lowest BCUT2D eigenvalue weighted by molar-refractivity contribution is 0.314. The van der Waals surface area contributed by atoms with Gasteiger partial charge in [0.05, 0.1) is 22.9 Å². The summed E-state index contributed by atoms with van der Waals surface area (Å²) in [6.45, 7) is 2.74. The summed E-state index contributed by atoms with van der Waals surface area (Å²) in [7, 11) is -3.72. The second-order valence-corrected chi connectivity index (χ2v) is 9.33. The van der Waals surface area contributed by atoms with E-state index >= 15 is 0 Å². The molecule has 1 aliphatic rings. The number of aryl methyl sites for hydroxylation is 1. The fourth-order valence-electron chi connectivity index (χ4n) is 3.19. The fraction of sp³-hybridized carbons (Fsp3) is 0.182. The van der Waals surface area contributed by atoms with Crippen LogP contribution >= 0.6 is 11.8 Å². The summed E-state index contributed by atoms with van der Waals surface area (Å²) in [6.07, 6.45) is 0.596.